The minimum atomic E-state index is -3.35. The molecule has 0 amide bonds. The molecule has 2 atom stereocenters. The first-order chi connectivity index (χ1) is 8.68. The van der Waals surface area contributed by atoms with Gasteiger partial charge in [0, 0.05) is 13.1 Å². The Balaban J connectivity index is 1.78. The molecule has 0 aliphatic carbocycles. The number of rotatable bonds is 2. The number of furan rings is 1. The van der Waals surface area contributed by atoms with E-state index in [1.807, 2.05) is 0 Å². The van der Waals surface area contributed by atoms with Gasteiger partial charge in [-0.25, -0.2) is 8.42 Å². The summed E-state index contributed by atoms with van der Waals surface area (Å²) >= 11 is 0. The molecule has 0 spiro atoms. The summed E-state index contributed by atoms with van der Waals surface area (Å²) in [5.41, 5.74) is 0. The molecule has 0 aromatic carbocycles. The molecule has 0 unspecified atom stereocenters. The second-order valence-corrected chi connectivity index (χ2v) is 7.06. The summed E-state index contributed by atoms with van der Waals surface area (Å²) in [5.74, 6) is 1.27. The van der Waals surface area contributed by atoms with Crippen molar-refractivity contribution in [1.82, 2.24) is 9.62 Å². The van der Waals surface area contributed by atoms with Crippen LogP contribution < -0.4 is 5.32 Å². The molecule has 1 N–H and O–H groups in total. The first-order valence-corrected chi connectivity index (χ1v) is 7.85. The SMILES string of the molecule is O=S(=O)(c1ccoc1)N1CC[C@@H]2CNC[C@@H]2CC1. The van der Waals surface area contributed by atoms with Crippen LogP contribution in [-0.4, -0.2) is 38.9 Å². The lowest BCUT2D eigenvalue weighted by Crippen LogP contribution is -2.32. The highest BCUT2D eigenvalue weighted by Crippen LogP contribution is 2.29. The number of hydrogen-bond donors (Lipinski definition) is 1. The van der Waals surface area contributed by atoms with Crippen molar-refractivity contribution in [3.63, 3.8) is 0 Å². The summed E-state index contributed by atoms with van der Waals surface area (Å²) in [7, 11) is -3.35. The average Bonchev–Trinajstić information content (AvgIpc) is 2.98. The molecule has 2 aliphatic heterocycles. The fourth-order valence-electron chi connectivity index (χ4n) is 2.98. The van der Waals surface area contributed by atoms with Crippen LogP contribution in [0.1, 0.15) is 12.8 Å². The standard InChI is InChI=1S/C12H18N2O3S/c15-18(16,12-3-6-17-9-12)14-4-1-10-7-13-8-11(10)2-5-14/h3,6,9-11,13H,1-2,4-5,7-8H2/t10-,11+. The summed E-state index contributed by atoms with van der Waals surface area (Å²) in [6.07, 6.45) is 4.62. The summed E-state index contributed by atoms with van der Waals surface area (Å²) in [6.45, 7) is 3.31. The first-order valence-electron chi connectivity index (χ1n) is 6.41. The Hall–Kier alpha value is -0.850. The van der Waals surface area contributed by atoms with Gasteiger partial charge in [0.2, 0.25) is 10.0 Å². The molecule has 1 aromatic heterocycles. The second-order valence-electron chi connectivity index (χ2n) is 5.12. The second kappa shape index (κ2) is 4.68. The molecule has 5 nitrogen and oxygen atoms in total. The minimum Gasteiger partial charge on any atom is -0.471 e. The van der Waals surface area contributed by atoms with Crippen LogP contribution in [0.2, 0.25) is 0 Å². The largest absolute Gasteiger partial charge is 0.471 e. The fourth-order valence-corrected chi connectivity index (χ4v) is 4.38. The summed E-state index contributed by atoms with van der Waals surface area (Å²) in [6, 6.07) is 1.52. The quantitative estimate of drug-likeness (QED) is 0.867. The number of nitrogens with one attached hydrogen (secondary N) is 1. The molecule has 1 aromatic rings. The van der Waals surface area contributed by atoms with Crippen LogP contribution in [0.25, 0.3) is 0 Å². The van der Waals surface area contributed by atoms with E-state index in [2.05, 4.69) is 5.32 Å². The summed E-state index contributed by atoms with van der Waals surface area (Å²) < 4.78 is 31.2. The van der Waals surface area contributed by atoms with Crippen LogP contribution in [0.4, 0.5) is 0 Å². The van der Waals surface area contributed by atoms with Gasteiger partial charge in [-0.05, 0) is 43.8 Å². The smallest absolute Gasteiger partial charge is 0.246 e. The van der Waals surface area contributed by atoms with Gasteiger partial charge in [0.25, 0.3) is 0 Å². The maximum Gasteiger partial charge on any atom is 0.246 e. The van der Waals surface area contributed by atoms with Gasteiger partial charge in [0.05, 0.1) is 6.26 Å². The topological polar surface area (TPSA) is 62.6 Å². The number of hydrogen-bond acceptors (Lipinski definition) is 4. The van der Waals surface area contributed by atoms with Gasteiger partial charge >= 0.3 is 0 Å². The number of sulfonamides is 1. The molecule has 0 bridgehead atoms. The third kappa shape index (κ3) is 2.08. The zero-order chi connectivity index (χ0) is 12.6. The van der Waals surface area contributed by atoms with E-state index in [0.29, 0.717) is 24.9 Å². The van der Waals surface area contributed by atoms with Crippen LogP contribution in [0.15, 0.2) is 27.9 Å². The van der Waals surface area contributed by atoms with E-state index in [9.17, 15) is 8.42 Å². The Bertz CT molecular complexity index is 483. The van der Waals surface area contributed by atoms with Crippen molar-refractivity contribution in [2.45, 2.75) is 17.7 Å². The fraction of sp³-hybridized carbons (Fsp3) is 0.667. The number of nitrogens with zero attached hydrogens (tertiary/aromatic N) is 1. The molecule has 18 heavy (non-hydrogen) atoms. The average molecular weight is 270 g/mol. The van der Waals surface area contributed by atoms with Crippen molar-refractivity contribution < 1.29 is 12.8 Å². The molecule has 6 heteroatoms. The van der Waals surface area contributed by atoms with E-state index in [1.54, 1.807) is 4.31 Å². The highest BCUT2D eigenvalue weighted by molar-refractivity contribution is 7.89. The Morgan fingerprint density at radius 3 is 2.44 bits per heavy atom. The lowest BCUT2D eigenvalue weighted by Gasteiger charge is -2.19. The Labute approximate surface area is 107 Å². The van der Waals surface area contributed by atoms with Crippen molar-refractivity contribution >= 4 is 10.0 Å². The van der Waals surface area contributed by atoms with Crippen molar-refractivity contribution in [2.24, 2.45) is 11.8 Å². The highest BCUT2D eigenvalue weighted by Gasteiger charge is 2.34. The highest BCUT2D eigenvalue weighted by atomic mass is 32.2. The van der Waals surface area contributed by atoms with Gasteiger partial charge in [0.15, 0.2) is 0 Å². The zero-order valence-electron chi connectivity index (χ0n) is 10.2. The van der Waals surface area contributed by atoms with Crippen molar-refractivity contribution in [3.05, 3.63) is 18.6 Å². The zero-order valence-corrected chi connectivity index (χ0v) is 11.0. The van der Waals surface area contributed by atoms with Crippen LogP contribution >= 0.6 is 0 Å². The van der Waals surface area contributed by atoms with E-state index in [1.165, 1.54) is 18.6 Å². The Morgan fingerprint density at radius 1 is 1.22 bits per heavy atom. The van der Waals surface area contributed by atoms with Crippen LogP contribution in [0.3, 0.4) is 0 Å². The molecule has 2 saturated heterocycles. The Morgan fingerprint density at radius 2 is 1.89 bits per heavy atom. The van der Waals surface area contributed by atoms with Gasteiger partial charge in [-0.1, -0.05) is 0 Å². The Kier molecular flexibility index (Phi) is 3.17. The molecular formula is C12H18N2O3S. The van der Waals surface area contributed by atoms with Crippen LogP contribution in [-0.2, 0) is 10.0 Å². The monoisotopic (exact) mass is 270 g/mol. The van der Waals surface area contributed by atoms with E-state index < -0.39 is 10.0 Å². The number of fused-ring (bicyclic) bond motifs is 1. The molecule has 100 valence electrons. The van der Waals surface area contributed by atoms with E-state index in [4.69, 9.17) is 4.42 Å². The summed E-state index contributed by atoms with van der Waals surface area (Å²) in [5, 5.41) is 3.39. The van der Waals surface area contributed by atoms with Crippen molar-refractivity contribution in [3.8, 4) is 0 Å². The maximum absolute atomic E-state index is 12.4. The van der Waals surface area contributed by atoms with E-state index in [-0.39, 0.29) is 4.90 Å². The van der Waals surface area contributed by atoms with Gasteiger partial charge in [-0.15, -0.1) is 0 Å². The predicted octanol–water partition coefficient (Wildman–Crippen LogP) is 0.900. The van der Waals surface area contributed by atoms with Crippen molar-refractivity contribution in [1.29, 1.82) is 0 Å². The van der Waals surface area contributed by atoms with Crippen molar-refractivity contribution in [2.75, 3.05) is 26.2 Å². The molecule has 0 saturated carbocycles. The summed E-state index contributed by atoms with van der Waals surface area (Å²) in [4.78, 5) is 0.271. The molecule has 3 rings (SSSR count). The van der Waals surface area contributed by atoms with E-state index in [0.717, 1.165) is 25.9 Å². The van der Waals surface area contributed by atoms with Crippen LogP contribution in [0.5, 0.6) is 0 Å². The van der Waals surface area contributed by atoms with Gasteiger partial charge in [-0.3, -0.25) is 0 Å². The molecule has 2 aliphatic rings. The third-order valence-electron chi connectivity index (χ3n) is 4.11. The lowest BCUT2D eigenvalue weighted by molar-refractivity contribution is 0.409. The molecule has 2 fully saturated rings. The normalized spacial score (nSPS) is 30.0. The van der Waals surface area contributed by atoms with Gasteiger partial charge in [-0.2, -0.15) is 4.31 Å². The maximum atomic E-state index is 12.4. The minimum absolute atomic E-state index is 0.271. The lowest BCUT2D eigenvalue weighted by atomic mass is 9.92. The van der Waals surface area contributed by atoms with E-state index >= 15 is 0 Å². The van der Waals surface area contributed by atoms with Gasteiger partial charge < -0.3 is 9.73 Å². The molecular weight excluding hydrogens is 252 g/mol. The molecule has 3 heterocycles. The predicted molar refractivity (Wildman–Crippen MR) is 66.6 cm³/mol. The first kappa shape index (κ1) is 12.2. The third-order valence-corrected chi connectivity index (χ3v) is 5.98. The van der Waals surface area contributed by atoms with Gasteiger partial charge in [0.1, 0.15) is 11.2 Å². The van der Waals surface area contributed by atoms with Crippen LogP contribution in [0, 0.1) is 11.8 Å². The molecule has 0 radical (unpaired) electrons.